The van der Waals surface area contributed by atoms with Gasteiger partial charge in [0.15, 0.2) is 0 Å². The fourth-order valence-corrected chi connectivity index (χ4v) is 4.33. The van der Waals surface area contributed by atoms with Crippen LogP contribution in [0.3, 0.4) is 0 Å². The summed E-state index contributed by atoms with van der Waals surface area (Å²) in [6, 6.07) is 14.2. The van der Waals surface area contributed by atoms with Crippen molar-refractivity contribution >= 4 is 34.9 Å². The van der Waals surface area contributed by atoms with Crippen LogP contribution in [0.1, 0.15) is 5.56 Å². The lowest BCUT2D eigenvalue weighted by Gasteiger charge is -2.36. The number of thioether (sulfide) groups is 1. The van der Waals surface area contributed by atoms with Crippen molar-refractivity contribution in [1.82, 2.24) is 9.97 Å². The third kappa shape index (κ3) is 5.92. The molecule has 1 saturated heterocycles. The molecule has 3 aromatic rings. The van der Waals surface area contributed by atoms with Gasteiger partial charge < -0.3 is 19.9 Å². The summed E-state index contributed by atoms with van der Waals surface area (Å²) in [5.41, 5.74) is 2.72. The van der Waals surface area contributed by atoms with Crippen LogP contribution in [0.2, 0.25) is 0 Å². The zero-order chi connectivity index (χ0) is 23.2. The monoisotopic (exact) mass is 467 g/mol. The summed E-state index contributed by atoms with van der Waals surface area (Å²) in [5.74, 6) is 1.34. The molecular weight excluding hydrogens is 441 g/mol. The van der Waals surface area contributed by atoms with Crippen molar-refractivity contribution in [3.05, 3.63) is 66.2 Å². The van der Waals surface area contributed by atoms with Gasteiger partial charge >= 0.3 is 0 Å². The Morgan fingerprint density at radius 1 is 1.06 bits per heavy atom. The van der Waals surface area contributed by atoms with Gasteiger partial charge in [0.05, 0.1) is 18.6 Å². The molecule has 1 amide bonds. The van der Waals surface area contributed by atoms with E-state index in [-0.39, 0.29) is 17.5 Å². The normalized spacial score (nSPS) is 13.7. The summed E-state index contributed by atoms with van der Waals surface area (Å²) in [5, 5.41) is 3.65. The van der Waals surface area contributed by atoms with Crippen LogP contribution < -0.4 is 19.9 Å². The van der Waals surface area contributed by atoms with Crippen molar-refractivity contribution in [3.8, 4) is 5.75 Å². The molecule has 0 radical (unpaired) electrons. The van der Waals surface area contributed by atoms with Crippen molar-refractivity contribution in [2.75, 3.05) is 54.2 Å². The number of hydrogen-bond donors (Lipinski definition) is 1. The summed E-state index contributed by atoms with van der Waals surface area (Å²) in [4.78, 5) is 25.6. The number of nitrogens with one attached hydrogen (secondary N) is 1. The summed E-state index contributed by atoms with van der Waals surface area (Å²) >= 11 is 1.37. The topological polar surface area (TPSA) is 70.6 Å². The van der Waals surface area contributed by atoms with E-state index in [1.807, 2.05) is 43.3 Å². The molecule has 9 heteroatoms. The Morgan fingerprint density at radius 2 is 1.79 bits per heavy atom. The van der Waals surface area contributed by atoms with Crippen LogP contribution in [-0.4, -0.2) is 54.9 Å². The first-order chi connectivity index (χ1) is 16.0. The number of piperazine rings is 1. The number of halogens is 1. The van der Waals surface area contributed by atoms with Gasteiger partial charge in [-0.05, 0) is 48.9 Å². The first kappa shape index (κ1) is 22.8. The Hall–Kier alpha value is -3.33. The van der Waals surface area contributed by atoms with Gasteiger partial charge in [0.25, 0.3) is 0 Å². The smallest absolute Gasteiger partial charge is 0.234 e. The van der Waals surface area contributed by atoms with Gasteiger partial charge in [0.1, 0.15) is 28.7 Å². The number of rotatable bonds is 7. The molecule has 1 aliphatic heterocycles. The molecule has 1 fully saturated rings. The van der Waals surface area contributed by atoms with Crippen LogP contribution in [0, 0.1) is 12.7 Å². The molecule has 0 saturated carbocycles. The molecule has 1 N–H and O–H groups in total. The molecule has 172 valence electrons. The van der Waals surface area contributed by atoms with Crippen LogP contribution in [0.25, 0.3) is 0 Å². The summed E-state index contributed by atoms with van der Waals surface area (Å²) < 4.78 is 18.5. The lowest BCUT2D eigenvalue weighted by atomic mass is 10.2. The fourth-order valence-electron chi connectivity index (χ4n) is 3.67. The number of amides is 1. The highest BCUT2D eigenvalue weighted by atomic mass is 32.2. The molecule has 0 aliphatic carbocycles. The zero-order valence-electron chi connectivity index (χ0n) is 18.6. The van der Waals surface area contributed by atoms with E-state index in [9.17, 15) is 9.18 Å². The highest BCUT2D eigenvalue weighted by Crippen LogP contribution is 2.26. The Bertz CT molecular complexity index is 1100. The van der Waals surface area contributed by atoms with Crippen LogP contribution >= 0.6 is 11.8 Å². The van der Waals surface area contributed by atoms with E-state index in [1.165, 1.54) is 30.2 Å². The van der Waals surface area contributed by atoms with Gasteiger partial charge in [0.2, 0.25) is 5.91 Å². The third-order valence-electron chi connectivity index (χ3n) is 5.40. The maximum Gasteiger partial charge on any atom is 0.234 e. The maximum absolute atomic E-state index is 13.2. The van der Waals surface area contributed by atoms with Gasteiger partial charge in [-0.2, -0.15) is 0 Å². The molecule has 2 heterocycles. The molecule has 0 unspecified atom stereocenters. The number of anilines is 3. The predicted octanol–water partition coefficient (Wildman–Crippen LogP) is 3.99. The van der Waals surface area contributed by atoms with E-state index in [2.05, 4.69) is 25.1 Å². The second-order valence-electron chi connectivity index (χ2n) is 7.71. The van der Waals surface area contributed by atoms with Crippen LogP contribution in [0.15, 0.2) is 59.9 Å². The van der Waals surface area contributed by atoms with E-state index in [0.29, 0.717) is 11.4 Å². The van der Waals surface area contributed by atoms with Gasteiger partial charge in [0, 0.05) is 37.9 Å². The van der Waals surface area contributed by atoms with E-state index in [0.717, 1.165) is 48.3 Å². The number of aryl methyl sites for hydroxylation is 1. The molecule has 0 spiro atoms. The van der Waals surface area contributed by atoms with Crippen molar-refractivity contribution < 1.29 is 13.9 Å². The molecule has 2 aromatic carbocycles. The second kappa shape index (κ2) is 10.5. The number of carbonyl (C=O) groups is 1. The first-order valence-corrected chi connectivity index (χ1v) is 11.6. The van der Waals surface area contributed by atoms with Crippen molar-refractivity contribution in [3.63, 3.8) is 0 Å². The lowest BCUT2D eigenvalue weighted by molar-refractivity contribution is -0.113. The Kier molecular flexibility index (Phi) is 7.29. The summed E-state index contributed by atoms with van der Waals surface area (Å²) in [6.07, 6.45) is 1.53. The number of carbonyl (C=O) groups excluding carboxylic acids is 1. The lowest BCUT2D eigenvalue weighted by Crippen LogP contribution is -2.46. The quantitative estimate of drug-likeness (QED) is 0.416. The molecule has 1 aliphatic rings. The number of nitrogens with zero attached hydrogens (tertiary/aromatic N) is 4. The van der Waals surface area contributed by atoms with Gasteiger partial charge in [-0.3, -0.25) is 4.79 Å². The van der Waals surface area contributed by atoms with Gasteiger partial charge in [-0.1, -0.05) is 17.8 Å². The minimum Gasteiger partial charge on any atom is -0.495 e. The first-order valence-electron chi connectivity index (χ1n) is 10.7. The zero-order valence-corrected chi connectivity index (χ0v) is 19.4. The van der Waals surface area contributed by atoms with E-state index in [1.54, 1.807) is 7.11 Å². The number of hydrogen-bond acceptors (Lipinski definition) is 7. The van der Waals surface area contributed by atoms with Crippen molar-refractivity contribution in [2.24, 2.45) is 0 Å². The highest BCUT2D eigenvalue weighted by Gasteiger charge is 2.19. The highest BCUT2D eigenvalue weighted by molar-refractivity contribution is 7.99. The maximum atomic E-state index is 13.2. The van der Waals surface area contributed by atoms with E-state index in [4.69, 9.17) is 4.74 Å². The molecule has 33 heavy (non-hydrogen) atoms. The van der Waals surface area contributed by atoms with Crippen molar-refractivity contribution in [1.29, 1.82) is 0 Å². The molecule has 0 atom stereocenters. The number of aromatic nitrogens is 2. The van der Waals surface area contributed by atoms with Crippen LogP contribution in [0.5, 0.6) is 5.75 Å². The summed E-state index contributed by atoms with van der Waals surface area (Å²) in [6.45, 7) is 5.20. The molecule has 4 rings (SSSR count). The van der Waals surface area contributed by atoms with Crippen LogP contribution in [-0.2, 0) is 4.79 Å². The Balaban J connectivity index is 1.31. The number of methoxy groups -OCH3 is 1. The average Bonchev–Trinajstić information content (AvgIpc) is 2.84. The van der Waals surface area contributed by atoms with Crippen molar-refractivity contribution in [2.45, 2.75) is 11.9 Å². The average molecular weight is 468 g/mol. The number of benzene rings is 2. The summed E-state index contributed by atoms with van der Waals surface area (Å²) in [7, 11) is 1.58. The largest absolute Gasteiger partial charge is 0.495 e. The van der Waals surface area contributed by atoms with Crippen LogP contribution in [0.4, 0.5) is 21.6 Å². The number of ether oxygens (including phenoxy) is 1. The molecule has 1 aromatic heterocycles. The standard InChI is InChI=1S/C24H26FN5O2S/c1-17-3-8-21(32-2)20(13-17)28-23(31)15-33-24-14-22(26-16-27-24)30-11-9-29(10-12-30)19-6-4-18(25)5-7-19/h3-8,13-14,16H,9-12,15H2,1-2H3,(H,28,31). The molecular formula is C24H26FN5O2S. The minimum atomic E-state index is -0.227. The SMILES string of the molecule is COc1ccc(C)cc1NC(=O)CSc1cc(N2CCN(c3ccc(F)cc3)CC2)ncn1. The fraction of sp³-hybridized carbons (Fsp3) is 0.292. The Morgan fingerprint density at radius 3 is 2.52 bits per heavy atom. The third-order valence-corrected chi connectivity index (χ3v) is 6.33. The van der Waals surface area contributed by atoms with E-state index >= 15 is 0 Å². The second-order valence-corrected chi connectivity index (χ2v) is 8.70. The van der Waals surface area contributed by atoms with Gasteiger partial charge in [-0.15, -0.1) is 0 Å². The minimum absolute atomic E-state index is 0.128. The predicted molar refractivity (Wildman–Crippen MR) is 130 cm³/mol. The van der Waals surface area contributed by atoms with E-state index < -0.39 is 0 Å². The van der Waals surface area contributed by atoms with Gasteiger partial charge in [-0.25, -0.2) is 14.4 Å². The molecule has 0 bridgehead atoms. The molecule has 7 nitrogen and oxygen atoms in total. The Labute approximate surface area is 197 Å².